The van der Waals surface area contributed by atoms with Crippen LogP contribution in [0.4, 0.5) is 5.69 Å². The van der Waals surface area contributed by atoms with Crippen molar-refractivity contribution in [2.75, 3.05) is 25.7 Å². The van der Waals surface area contributed by atoms with E-state index in [2.05, 4.69) is 5.32 Å². The summed E-state index contributed by atoms with van der Waals surface area (Å²) in [5, 5.41) is 3.44. The smallest absolute Gasteiger partial charge is 0.239 e. The average molecular weight is 389 g/mol. The Morgan fingerprint density at radius 2 is 1.93 bits per heavy atom. The van der Waals surface area contributed by atoms with Crippen molar-refractivity contribution >= 4 is 29.1 Å². The van der Waals surface area contributed by atoms with E-state index >= 15 is 0 Å². The van der Waals surface area contributed by atoms with Gasteiger partial charge < -0.3 is 19.7 Å². The maximum atomic E-state index is 12.7. The number of para-hydroxylation sites is 1. The first kappa shape index (κ1) is 19.0. The van der Waals surface area contributed by atoms with E-state index in [1.807, 2.05) is 12.1 Å². The molecule has 2 aromatic rings. The number of carbonyl (C=O) groups is 2. The first-order valence-electron chi connectivity index (χ1n) is 8.59. The van der Waals surface area contributed by atoms with Gasteiger partial charge in [0.1, 0.15) is 5.92 Å². The Morgan fingerprint density at radius 1 is 1.19 bits per heavy atom. The summed E-state index contributed by atoms with van der Waals surface area (Å²) in [6.07, 6.45) is 0.475. The Bertz CT molecular complexity index is 838. The Balaban J connectivity index is 1.66. The molecule has 0 bridgehead atoms. The summed E-state index contributed by atoms with van der Waals surface area (Å²) in [6.45, 7) is 0.755. The number of carbonyl (C=O) groups excluding carboxylic acids is 2. The summed E-state index contributed by atoms with van der Waals surface area (Å²) >= 11 is 5.89. The average Bonchev–Trinajstić information content (AvgIpc) is 3.07. The summed E-state index contributed by atoms with van der Waals surface area (Å²) in [7, 11) is 3.11. The molecular formula is C20H21ClN2O4. The van der Waals surface area contributed by atoms with E-state index in [1.54, 1.807) is 49.5 Å². The fraction of sp³-hybridized carbons (Fsp3) is 0.300. The van der Waals surface area contributed by atoms with Crippen LogP contribution in [0.25, 0.3) is 0 Å². The molecule has 3 rings (SSSR count). The molecule has 1 aliphatic rings. The SMILES string of the molecule is COc1cccc(CNC(=O)C2CCN(c3ccc(Cl)cc3)C2=O)c1OC. The van der Waals surface area contributed by atoms with Gasteiger partial charge in [0.2, 0.25) is 11.8 Å². The first-order valence-corrected chi connectivity index (χ1v) is 8.97. The monoisotopic (exact) mass is 388 g/mol. The third-order valence-corrected chi connectivity index (χ3v) is 4.85. The molecule has 0 spiro atoms. The summed E-state index contributed by atoms with van der Waals surface area (Å²) < 4.78 is 10.6. The Labute approximate surface area is 163 Å². The zero-order valence-corrected chi connectivity index (χ0v) is 16.0. The quantitative estimate of drug-likeness (QED) is 0.772. The molecule has 7 heteroatoms. The van der Waals surface area contributed by atoms with Gasteiger partial charge in [-0.1, -0.05) is 23.7 Å². The van der Waals surface area contributed by atoms with Crippen molar-refractivity contribution in [3.05, 3.63) is 53.1 Å². The number of nitrogens with zero attached hydrogens (tertiary/aromatic N) is 1. The number of hydrogen-bond acceptors (Lipinski definition) is 4. The summed E-state index contributed by atoms with van der Waals surface area (Å²) in [5.74, 6) is -0.0259. The standard InChI is InChI=1S/C20H21ClN2O4/c1-26-17-5-3-4-13(18(17)27-2)12-22-19(24)16-10-11-23(20(16)25)15-8-6-14(21)7-9-15/h3-9,16H,10-12H2,1-2H3,(H,22,24). The fourth-order valence-corrected chi connectivity index (χ4v) is 3.33. The highest BCUT2D eigenvalue weighted by Crippen LogP contribution is 2.31. The van der Waals surface area contributed by atoms with E-state index in [0.717, 1.165) is 11.3 Å². The molecule has 0 radical (unpaired) electrons. The van der Waals surface area contributed by atoms with Crippen molar-refractivity contribution in [1.29, 1.82) is 0 Å². The number of benzene rings is 2. The van der Waals surface area contributed by atoms with Crippen LogP contribution in [0.15, 0.2) is 42.5 Å². The molecule has 0 aliphatic carbocycles. The number of anilines is 1. The number of halogens is 1. The molecule has 27 heavy (non-hydrogen) atoms. The Hall–Kier alpha value is -2.73. The van der Waals surface area contributed by atoms with Gasteiger partial charge in [-0.15, -0.1) is 0 Å². The van der Waals surface area contributed by atoms with Gasteiger partial charge >= 0.3 is 0 Å². The molecule has 142 valence electrons. The lowest BCUT2D eigenvalue weighted by Gasteiger charge is -2.17. The second-order valence-electron chi connectivity index (χ2n) is 6.18. The zero-order valence-electron chi connectivity index (χ0n) is 15.2. The fourth-order valence-electron chi connectivity index (χ4n) is 3.20. The van der Waals surface area contributed by atoms with Crippen LogP contribution in [-0.2, 0) is 16.1 Å². The second-order valence-corrected chi connectivity index (χ2v) is 6.61. The molecule has 1 N–H and O–H groups in total. The van der Waals surface area contributed by atoms with Crippen molar-refractivity contribution in [1.82, 2.24) is 5.32 Å². The Kier molecular flexibility index (Phi) is 5.86. The third-order valence-electron chi connectivity index (χ3n) is 4.60. The van der Waals surface area contributed by atoms with Crippen molar-refractivity contribution < 1.29 is 19.1 Å². The molecule has 1 aliphatic heterocycles. The van der Waals surface area contributed by atoms with Crippen LogP contribution in [0, 0.1) is 5.92 Å². The third kappa shape index (κ3) is 4.01. The molecule has 2 aromatic carbocycles. The number of methoxy groups -OCH3 is 2. The van der Waals surface area contributed by atoms with Gasteiger partial charge in [0, 0.05) is 29.4 Å². The van der Waals surface area contributed by atoms with Gasteiger partial charge in [-0.05, 0) is 36.8 Å². The van der Waals surface area contributed by atoms with Crippen molar-refractivity contribution in [2.24, 2.45) is 5.92 Å². The maximum Gasteiger partial charge on any atom is 0.239 e. The lowest BCUT2D eigenvalue weighted by Crippen LogP contribution is -2.36. The van der Waals surface area contributed by atoms with E-state index in [0.29, 0.717) is 29.5 Å². The number of amides is 2. The zero-order chi connectivity index (χ0) is 19.4. The van der Waals surface area contributed by atoms with E-state index in [9.17, 15) is 9.59 Å². The molecule has 1 fully saturated rings. The molecule has 6 nitrogen and oxygen atoms in total. The van der Waals surface area contributed by atoms with E-state index in [4.69, 9.17) is 21.1 Å². The van der Waals surface area contributed by atoms with Crippen molar-refractivity contribution in [3.63, 3.8) is 0 Å². The maximum absolute atomic E-state index is 12.7. The van der Waals surface area contributed by atoms with E-state index in [1.165, 1.54) is 0 Å². The Morgan fingerprint density at radius 3 is 2.59 bits per heavy atom. The van der Waals surface area contributed by atoms with Crippen LogP contribution in [0.3, 0.4) is 0 Å². The van der Waals surface area contributed by atoms with E-state index in [-0.39, 0.29) is 18.4 Å². The number of nitrogens with one attached hydrogen (secondary N) is 1. The van der Waals surface area contributed by atoms with Gasteiger partial charge in [0.15, 0.2) is 11.5 Å². The van der Waals surface area contributed by atoms with Crippen LogP contribution >= 0.6 is 11.6 Å². The lowest BCUT2D eigenvalue weighted by atomic mass is 10.1. The molecule has 0 aromatic heterocycles. The summed E-state index contributed by atoms with van der Waals surface area (Å²) in [4.78, 5) is 26.8. The lowest BCUT2D eigenvalue weighted by molar-refractivity contribution is -0.132. The molecule has 0 saturated carbocycles. The summed E-state index contributed by atoms with van der Waals surface area (Å²) in [5.41, 5.74) is 1.53. The van der Waals surface area contributed by atoms with E-state index < -0.39 is 5.92 Å². The molecule has 1 unspecified atom stereocenters. The van der Waals surface area contributed by atoms with Gasteiger partial charge in [-0.25, -0.2) is 0 Å². The van der Waals surface area contributed by atoms with Gasteiger partial charge in [0.05, 0.1) is 14.2 Å². The van der Waals surface area contributed by atoms with Crippen LogP contribution in [0.2, 0.25) is 5.02 Å². The predicted octanol–water partition coefficient (Wildman–Crippen LogP) is 3.03. The normalized spacial score (nSPS) is 16.3. The molecule has 1 saturated heterocycles. The highest BCUT2D eigenvalue weighted by Gasteiger charge is 2.37. The van der Waals surface area contributed by atoms with Crippen LogP contribution < -0.4 is 19.7 Å². The highest BCUT2D eigenvalue weighted by molar-refractivity contribution is 6.30. The topological polar surface area (TPSA) is 67.9 Å². The molecular weight excluding hydrogens is 368 g/mol. The minimum absolute atomic E-state index is 0.201. The number of hydrogen-bond donors (Lipinski definition) is 1. The van der Waals surface area contributed by atoms with Gasteiger partial charge in [0.25, 0.3) is 0 Å². The van der Waals surface area contributed by atoms with Crippen molar-refractivity contribution in [2.45, 2.75) is 13.0 Å². The minimum Gasteiger partial charge on any atom is -0.493 e. The van der Waals surface area contributed by atoms with Crippen LogP contribution in [-0.4, -0.2) is 32.6 Å². The molecule has 1 atom stereocenters. The molecule has 1 heterocycles. The predicted molar refractivity (Wildman–Crippen MR) is 103 cm³/mol. The van der Waals surface area contributed by atoms with Gasteiger partial charge in [-0.3, -0.25) is 9.59 Å². The largest absolute Gasteiger partial charge is 0.493 e. The van der Waals surface area contributed by atoms with Crippen molar-refractivity contribution in [3.8, 4) is 11.5 Å². The molecule has 2 amide bonds. The van der Waals surface area contributed by atoms with Crippen LogP contribution in [0.1, 0.15) is 12.0 Å². The van der Waals surface area contributed by atoms with Crippen LogP contribution in [0.5, 0.6) is 11.5 Å². The highest BCUT2D eigenvalue weighted by atomic mass is 35.5. The minimum atomic E-state index is -0.697. The first-order chi connectivity index (χ1) is 13.0. The van der Waals surface area contributed by atoms with Gasteiger partial charge in [-0.2, -0.15) is 0 Å². The summed E-state index contributed by atoms with van der Waals surface area (Å²) in [6, 6.07) is 12.5. The number of ether oxygens (including phenoxy) is 2. The number of rotatable bonds is 6. The second kappa shape index (κ2) is 8.31.